The van der Waals surface area contributed by atoms with Gasteiger partial charge in [0.1, 0.15) is 17.9 Å². The first-order valence-corrected chi connectivity index (χ1v) is 15.9. The second-order valence-electron chi connectivity index (χ2n) is 11.2. The number of anilines is 1. The monoisotopic (exact) mass is 654 g/mol. The van der Waals surface area contributed by atoms with Crippen LogP contribution in [0, 0.1) is 5.82 Å². The van der Waals surface area contributed by atoms with Crippen LogP contribution in [-0.2, 0) is 0 Å². The molecule has 1 aliphatic rings. The van der Waals surface area contributed by atoms with Crippen LogP contribution in [0.2, 0.25) is 0 Å². The fraction of sp³-hybridized carbons (Fsp3) is 0.333. The van der Waals surface area contributed by atoms with Crippen molar-refractivity contribution in [1.29, 1.82) is 0 Å². The molecule has 0 radical (unpaired) electrons. The molecule has 8 nitrogen and oxygen atoms in total. The summed E-state index contributed by atoms with van der Waals surface area (Å²) in [6.45, 7) is 7.34. The van der Waals surface area contributed by atoms with Crippen LogP contribution in [-0.4, -0.2) is 51.2 Å². The number of carbonyl (C=O) groups is 1. The molecule has 46 heavy (non-hydrogen) atoms. The minimum atomic E-state index is -4.75. The third-order valence-corrected chi connectivity index (χ3v) is 8.49. The number of thioether (sulfide) groups is 1. The van der Waals surface area contributed by atoms with E-state index in [0.717, 1.165) is 41.0 Å². The Morgan fingerprint density at radius 2 is 1.80 bits per heavy atom. The number of amides is 2. The number of rotatable bonds is 10. The second kappa shape index (κ2) is 14.4. The van der Waals surface area contributed by atoms with Gasteiger partial charge in [0.2, 0.25) is 0 Å². The van der Waals surface area contributed by atoms with Gasteiger partial charge in [-0.25, -0.2) is 18.9 Å². The quantitative estimate of drug-likeness (QED) is 0.137. The smallest absolute Gasteiger partial charge is 0.406 e. The molecule has 4 aromatic rings. The van der Waals surface area contributed by atoms with Crippen molar-refractivity contribution in [3.8, 4) is 22.8 Å². The SMILES string of the molecule is CC(C)c1cc(F)ccc1N1CCS/C1=N\C(=O)NCCCC(C)c1ccc(-c2ncn(-c3ccc(OC(F)(F)F)cc3)n2)cc1. The van der Waals surface area contributed by atoms with E-state index in [0.29, 0.717) is 29.8 Å². The van der Waals surface area contributed by atoms with E-state index in [1.165, 1.54) is 53.1 Å². The largest absolute Gasteiger partial charge is 0.573 e. The fourth-order valence-electron chi connectivity index (χ4n) is 5.13. The Balaban J connectivity index is 1.10. The van der Waals surface area contributed by atoms with Gasteiger partial charge < -0.3 is 15.0 Å². The second-order valence-corrected chi connectivity index (χ2v) is 12.3. The Labute approximate surface area is 268 Å². The molecule has 1 fully saturated rings. The highest BCUT2D eigenvalue weighted by molar-refractivity contribution is 8.14. The van der Waals surface area contributed by atoms with Crippen LogP contribution in [0.1, 0.15) is 56.6 Å². The summed E-state index contributed by atoms with van der Waals surface area (Å²) in [5.74, 6) is 1.07. The number of ether oxygens (including phenoxy) is 1. The molecule has 0 aliphatic carbocycles. The van der Waals surface area contributed by atoms with E-state index in [1.807, 2.05) is 43.0 Å². The van der Waals surface area contributed by atoms with Gasteiger partial charge in [0.25, 0.3) is 0 Å². The number of nitrogens with one attached hydrogen (secondary N) is 1. The van der Waals surface area contributed by atoms with Crippen molar-refractivity contribution >= 4 is 28.6 Å². The Morgan fingerprint density at radius 3 is 2.50 bits per heavy atom. The minimum absolute atomic E-state index is 0.129. The van der Waals surface area contributed by atoms with Crippen molar-refractivity contribution in [2.24, 2.45) is 4.99 Å². The third-order valence-electron chi connectivity index (χ3n) is 7.53. The van der Waals surface area contributed by atoms with Gasteiger partial charge in [0.15, 0.2) is 11.0 Å². The molecule has 5 rings (SSSR count). The van der Waals surface area contributed by atoms with Crippen LogP contribution in [0.4, 0.5) is 28.0 Å². The molecule has 1 aliphatic heterocycles. The number of halogens is 4. The molecule has 0 spiro atoms. The zero-order chi connectivity index (χ0) is 32.8. The zero-order valence-corrected chi connectivity index (χ0v) is 26.4. The highest BCUT2D eigenvalue weighted by Crippen LogP contribution is 2.33. The number of aliphatic imine (C=N–C) groups is 1. The van der Waals surface area contributed by atoms with Crippen molar-refractivity contribution in [2.75, 3.05) is 23.7 Å². The minimum Gasteiger partial charge on any atom is -0.406 e. The van der Waals surface area contributed by atoms with Gasteiger partial charge in [-0.3, -0.25) is 0 Å². The lowest BCUT2D eigenvalue weighted by molar-refractivity contribution is -0.274. The average molecular weight is 655 g/mol. The van der Waals surface area contributed by atoms with E-state index in [-0.39, 0.29) is 23.4 Å². The molecular formula is C33H34F4N6O2S. The molecule has 0 bridgehead atoms. The molecule has 1 atom stereocenters. The molecule has 13 heteroatoms. The summed E-state index contributed by atoms with van der Waals surface area (Å²) in [5, 5.41) is 7.96. The summed E-state index contributed by atoms with van der Waals surface area (Å²) >= 11 is 1.51. The van der Waals surface area contributed by atoms with Crippen LogP contribution in [0.25, 0.3) is 17.1 Å². The van der Waals surface area contributed by atoms with Gasteiger partial charge in [-0.2, -0.15) is 4.99 Å². The van der Waals surface area contributed by atoms with Gasteiger partial charge in [0, 0.05) is 30.1 Å². The summed E-state index contributed by atoms with van der Waals surface area (Å²) < 4.78 is 56.5. The van der Waals surface area contributed by atoms with E-state index in [2.05, 4.69) is 32.1 Å². The summed E-state index contributed by atoms with van der Waals surface area (Å²) in [5.41, 5.74) is 4.25. The van der Waals surface area contributed by atoms with Gasteiger partial charge in [-0.15, -0.1) is 18.3 Å². The molecule has 1 N–H and O–H groups in total. The standard InChI is InChI=1S/C33H34F4N6O2S/c1-21(2)28-19-25(34)10-15-29(28)42-17-18-46-32(42)40-31(44)38-16-4-5-22(3)23-6-8-24(9-7-23)30-39-20-43(41-30)26-11-13-27(14-12-26)45-33(35,36)37/h6-15,19-22H,4-5,16-18H2,1-3H3,(H,38,44)/b40-32-. The third kappa shape index (κ3) is 8.45. The van der Waals surface area contributed by atoms with Crippen molar-refractivity contribution in [2.45, 2.75) is 51.8 Å². The van der Waals surface area contributed by atoms with E-state index in [1.54, 1.807) is 12.1 Å². The number of nitrogens with zero attached hydrogens (tertiary/aromatic N) is 5. The van der Waals surface area contributed by atoms with Gasteiger partial charge in [-0.1, -0.05) is 56.8 Å². The van der Waals surface area contributed by atoms with E-state index in [9.17, 15) is 22.4 Å². The molecule has 2 heterocycles. The predicted octanol–water partition coefficient (Wildman–Crippen LogP) is 8.30. The topological polar surface area (TPSA) is 84.6 Å². The van der Waals surface area contributed by atoms with E-state index in [4.69, 9.17) is 0 Å². The first-order chi connectivity index (χ1) is 22.0. The maximum Gasteiger partial charge on any atom is 0.573 e. The molecule has 3 aromatic carbocycles. The molecule has 1 saturated heterocycles. The number of benzene rings is 3. The van der Waals surface area contributed by atoms with Gasteiger partial charge in [0.05, 0.1) is 5.69 Å². The highest BCUT2D eigenvalue weighted by Gasteiger charge is 2.31. The van der Waals surface area contributed by atoms with Crippen molar-refractivity contribution in [1.82, 2.24) is 20.1 Å². The Bertz CT molecular complexity index is 1670. The lowest BCUT2D eigenvalue weighted by Gasteiger charge is -2.23. The summed E-state index contributed by atoms with van der Waals surface area (Å²) in [6.07, 6.45) is -1.63. The molecule has 1 aromatic heterocycles. The summed E-state index contributed by atoms with van der Waals surface area (Å²) in [4.78, 5) is 23.3. The van der Waals surface area contributed by atoms with Crippen molar-refractivity contribution in [3.05, 3.63) is 90.0 Å². The predicted molar refractivity (Wildman–Crippen MR) is 172 cm³/mol. The zero-order valence-electron chi connectivity index (χ0n) is 25.6. The van der Waals surface area contributed by atoms with Crippen LogP contribution in [0.5, 0.6) is 5.75 Å². The average Bonchev–Trinajstić information content (AvgIpc) is 3.69. The number of urea groups is 1. The molecule has 2 amide bonds. The van der Waals surface area contributed by atoms with Crippen LogP contribution >= 0.6 is 11.8 Å². The Hall–Kier alpha value is -4.39. The maximum atomic E-state index is 13.9. The molecular weight excluding hydrogens is 620 g/mol. The van der Waals surface area contributed by atoms with Crippen LogP contribution in [0.15, 0.2) is 78.0 Å². The highest BCUT2D eigenvalue weighted by atomic mass is 32.2. The molecule has 0 saturated carbocycles. The molecule has 242 valence electrons. The number of alkyl halides is 3. The van der Waals surface area contributed by atoms with Crippen LogP contribution < -0.4 is 15.0 Å². The van der Waals surface area contributed by atoms with Crippen molar-refractivity contribution < 1.29 is 27.1 Å². The van der Waals surface area contributed by atoms with Crippen molar-refractivity contribution in [3.63, 3.8) is 0 Å². The van der Waals surface area contributed by atoms with E-state index >= 15 is 0 Å². The molecule has 1 unspecified atom stereocenters. The normalized spacial score (nSPS) is 15.0. The lowest BCUT2D eigenvalue weighted by atomic mass is 9.95. The Kier molecular flexibility index (Phi) is 10.3. The number of hydrogen-bond donors (Lipinski definition) is 1. The summed E-state index contributed by atoms with van der Waals surface area (Å²) in [6, 6.07) is 17.6. The Morgan fingerprint density at radius 1 is 1.07 bits per heavy atom. The number of amidine groups is 1. The van der Waals surface area contributed by atoms with Gasteiger partial charge in [-0.05, 0) is 78.3 Å². The fourth-order valence-corrected chi connectivity index (χ4v) is 6.08. The number of aromatic nitrogens is 3. The van der Waals surface area contributed by atoms with Gasteiger partial charge >= 0.3 is 12.4 Å². The first kappa shape index (κ1) is 33.0. The van der Waals surface area contributed by atoms with Crippen LogP contribution in [0.3, 0.4) is 0 Å². The lowest BCUT2D eigenvalue weighted by Crippen LogP contribution is -2.29. The number of carbonyl (C=O) groups excluding carboxylic acids is 1. The first-order valence-electron chi connectivity index (χ1n) is 14.9. The van der Waals surface area contributed by atoms with E-state index < -0.39 is 12.4 Å². The number of hydrogen-bond acceptors (Lipinski definition) is 5. The maximum absolute atomic E-state index is 13.9. The summed E-state index contributed by atoms with van der Waals surface area (Å²) in [7, 11) is 0.